The molecule has 3 rings (SSSR count). The van der Waals surface area contributed by atoms with E-state index >= 15 is 0 Å². The maximum atomic E-state index is 12.3. The maximum absolute atomic E-state index is 12.3. The number of hydrogen-bond acceptors (Lipinski definition) is 5. The molecule has 5 nitrogen and oxygen atoms in total. The Hall–Kier alpha value is -3.47. The molecule has 0 aliphatic rings. The summed E-state index contributed by atoms with van der Waals surface area (Å²) in [6, 6.07) is 16.8. The molecule has 5 heteroatoms. The number of ketones is 1. The molecule has 130 valence electrons. The topological polar surface area (TPSA) is 69.7 Å². The number of rotatable bonds is 6. The molecule has 0 radical (unpaired) electrons. The quantitative estimate of drug-likeness (QED) is 0.386. The van der Waals surface area contributed by atoms with Gasteiger partial charge in [-0.2, -0.15) is 0 Å². The molecule has 0 spiro atoms. The van der Waals surface area contributed by atoms with Gasteiger partial charge < -0.3 is 9.47 Å². The van der Waals surface area contributed by atoms with Crippen LogP contribution in [0.1, 0.15) is 31.1 Å². The predicted octanol–water partition coefficient (Wildman–Crippen LogP) is 3.70. The summed E-state index contributed by atoms with van der Waals surface area (Å²) in [6.45, 7) is -0.351. The number of esters is 1. The van der Waals surface area contributed by atoms with E-state index in [2.05, 4.69) is 0 Å². The Morgan fingerprint density at radius 3 is 2.23 bits per heavy atom. The first-order valence-electron chi connectivity index (χ1n) is 7.94. The van der Waals surface area contributed by atoms with E-state index in [-0.39, 0.29) is 18.0 Å². The van der Waals surface area contributed by atoms with Crippen molar-refractivity contribution in [2.45, 2.75) is 0 Å². The highest BCUT2D eigenvalue weighted by Gasteiger charge is 2.12. The van der Waals surface area contributed by atoms with Crippen molar-refractivity contribution in [3.05, 3.63) is 77.4 Å². The van der Waals surface area contributed by atoms with Crippen molar-refractivity contribution in [2.24, 2.45) is 0 Å². The summed E-state index contributed by atoms with van der Waals surface area (Å²) in [5.41, 5.74) is 1.21. The molecule has 0 amide bonds. The van der Waals surface area contributed by atoms with Crippen LogP contribution >= 0.6 is 0 Å². The first-order chi connectivity index (χ1) is 12.6. The van der Waals surface area contributed by atoms with Crippen LogP contribution in [0.5, 0.6) is 5.75 Å². The normalized spacial score (nSPS) is 10.3. The Morgan fingerprint density at radius 1 is 0.885 bits per heavy atom. The molecule has 0 atom stereocenters. The lowest BCUT2D eigenvalue weighted by Gasteiger charge is -2.07. The Kier molecular flexibility index (Phi) is 5.08. The summed E-state index contributed by atoms with van der Waals surface area (Å²) >= 11 is 0. The van der Waals surface area contributed by atoms with Crippen LogP contribution in [0.4, 0.5) is 0 Å². The minimum atomic E-state index is -0.610. The minimum absolute atomic E-state index is 0.286. The van der Waals surface area contributed by atoms with Gasteiger partial charge in [0.1, 0.15) is 12.0 Å². The zero-order chi connectivity index (χ0) is 18.5. The van der Waals surface area contributed by atoms with E-state index in [9.17, 15) is 14.4 Å². The molecule has 0 aliphatic carbocycles. The summed E-state index contributed by atoms with van der Waals surface area (Å²) in [5.74, 6) is -0.159. The average Bonchev–Trinajstić information content (AvgIpc) is 2.70. The van der Waals surface area contributed by atoms with Crippen molar-refractivity contribution in [3.8, 4) is 5.75 Å². The van der Waals surface area contributed by atoms with Gasteiger partial charge in [0, 0.05) is 11.1 Å². The summed E-state index contributed by atoms with van der Waals surface area (Å²) in [7, 11) is 1.60. The fraction of sp³-hybridized carbons (Fsp3) is 0.0952. The molecule has 3 aromatic rings. The van der Waals surface area contributed by atoms with E-state index in [1.807, 2.05) is 24.3 Å². The lowest BCUT2D eigenvalue weighted by Crippen LogP contribution is -2.14. The number of methoxy groups -OCH3 is 1. The molecule has 0 bridgehead atoms. The minimum Gasteiger partial charge on any atom is -0.497 e. The molecule has 3 aromatic carbocycles. The molecule has 0 aliphatic heterocycles. The van der Waals surface area contributed by atoms with Gasteiger partial charge in [-0.3, -0.25) is 9.59 Å². The van der Waals surface area contributed by atoms with Crippen molar-refractivity contribution in [1.29, 1.82) is 0 Å². The van der Waals surface area contributed by atoms with Gasteiger partial charge in [0.2, 0.25) is 0 Å². The third-order valence-electron chi connectivity index (χ3n) is 3.99. The number of fused-ring (bicyclic) bond motifs is 1. The first-order valence-corrected chi connectivity index (χ1v) is 7.94. The van der Waals surface area contributed by atoms with Gasteiger partial charge in [-0.05, 0) is 41.1 Å². The Labute approximate surface area is 150 Å². The number of Topliss-reactive ketones (excluding diaryl/α,β-unsaturated/α-hetero) is 1. The van der Waals surface area contributed by atoms with Crippen LogP contribution in [0.3, 0.4) is 0 Å². The van der Waals surface area contributed by atoms with E-state index in [0.717, 1.165) is 16.5 Å². The van der Waals surface area contributed by atoms with E-state index < -0.39 is 5.97 Å². The summed E-state index contributed by atoms with van der Waals surface area (Å²) in [4.78, 5) is 34.9. The summed E-state index contributed by atoms with van der Waals surface area (Å²) < 4.78 is 10.2. The largest absolute Gasteiger partial charge is 0.497 e. The van der Waals surface area contributed by atoms with Gasteiger partial charge in [0.25, 0.3) is 0 Å². The van der Waals surface area contributed by atoms with Crippen molar-refractivity contribution in [3.63, 3.8) is 0 Å². The van der Waals surface area contributed by atoms with Gasteiger partial charge in [0.15, 0.2) is 12.4 Å². The van der Waals surface area contributed by atoms with Crippen LogP contribution in [0.15, 0.2) is 60.7 Å². The smallest absolute Gasteiger partial charge is 0.338 e. The van der Waals surface area contributed by atoms with Crippen LogP contribution in [-0.2, 0) is 4.74 Å². The number of carbonyl (C=O) groups is 3. The predicted molar refractivity (Wildman–Crippen MR) is 96.9 cm³/mol. The Morgan fingerprint density at radius 2 is 1.54 bits per heavy atom. The number of ether oxygens (including phenoxy) is 2. The fourth-order valence-electron chi connectivity index (χ4n) is 2.52. The van der Waals surface area contributed by atoms with E-state index in [0.29, 0.717) is 17.4 Å². The van der Waals surface area contributed by atoms with Gasteiger partial charge in [0.05, 0.1) is 12.7 Å². The van der Waals surface area contributed by atoms with Gasteiger partial charge in [-0.1, -0.05) is 30.3 Å². The molecule has 0 saturated carbocycles. The van der Waals surface area contributed by atoms with E-state index in [1.54, 1.807) is 19.2 Å². The number of carbonyl (C=O) groups excluding carboxylic acids is 3. The van der Waals surface area contributed by atoms with Gasteiger partial charge in [-0.25, -0.2) is 4.79 Å². The molecule has 0 N–H and O–H groups in total. The third-order valence-corrected chi connectivity index (χ3v) is 3.99. The molecule has 26 heavy (non-hydrogen) atoms. The molecule has 0 heterocycles. The highest BCUT2D eigenvalue weighted by molar-refractivity contribution is 6.02. The molecule has 0 saturated heterocycles. The Balaban J connectivity index is 1.68. The van der Waals surface area contributed by atoms with Crippen LogP contribution < -0.4 is 4.74 Å². The van der Waals surface area contributed by atoms with Crippen LogP contribution in [-0.4, -0.2) is 31.8 Å². The monoisotopic (exact) mass is 348 g/mol. The highest BCUT2D eigenvalue weighted by atomic mass is 16.5. The lowest BCUT2D eigenvalue weighted by atomic mass is 10.0. The molecular weight excluding hydrogens is 332 g/mol. The molecule has 0 aromatic heterocycles. The van der Waals surface area contributed by atoms with Crippen molar-refractivity contribution >= 4 is 28.8 Å². The second kappa shape index (κ2) is 7.61. The van der Waals surface area contributed by atoms with E-state index in [1.165, 1.54) is 24.3 Å². The zero-order valence-corrected chi connectivity index (χ0v) is 14.1. The van der Waals surface area contributed by atoms with Crippen LogP contribution in [0.2, 0.25) is 0 Å². The van der Waals surface area contributed by atoms with Gasteiger partial charge in [-0.15, -0.1) is 0 Å². The zero-order valence-electron chi connectivity index (χ0n) is 14.1. The summed E-state index contributed by atoms with van der Waals surface area (Å²) in [6.07, 6.45) is 0.688. The summed E-state index contributed by atoms with van der Waals surface area (Å²) in [5, 5.41) is 1.85. The Bertz CT molecular complexity index is 973. The first kappa shape index (κ1) is 17.4. The standard InChI is InChI=1S/C21H16O5/c1-25-19-9-8-16-10-18(7-6-17(16)11-19)20(23)13-26-21(24)15-4-2-14(12-22)3-5-15/h2-12H,13H2,1H3. The van der Waals surface area contributed by atoms with Crippen molar-refractivity contribution in [2.75, 3.05) is 13.7 Å². The second-order valence-electron chi connectivity index (χ2n) is 5.67. The SMILES string of the molecule is COc1ccc2cc(C(=O)COC(=O)c3ccc(C=O)cc3)ccc2c1. The maximum Gasteiger partial charge on any atom is 0.338 e. The average molecular weight is 348 g/mol. The molecule has 0 fully saturated rings. The van der Waals surface area contributed by atoms with Gasteiger partial charge >= 0.3 is 5.97 Å². The second-order valence-corrected chi connectivity index (χ2v) is 5.67. The fourth-order valence-corrected chi connectivity index (χ4v) is 2.52. The van der Waals surface area contributed by atoms with Crippen LogP contribution in [0.25, 0.3) is 10.8 Å². The molecular formula is C21H16O5. The highest BCUT2D eigenvalue weighted by Crippen LogP contribution is 2.22. The third kappa shape index (κ3) is 3.78. The van der Waals surface area contributed by atoms with Crippen molar-refractivity contribution < 1.29 is 23.9 Å². The van der Waals surface area contributed by atoms with E-state index in [4.69, 9.17) is 9.47 Å². The number of hydrogen-bond donors (Lipinski definition) is 0. The molecule has 0 unspecified atom stereocenters. The van der Waals surface area contributed by atoms with Crippen LogP contribution in [0, 0.1) is 0 Å². The number of benzene rings is 3. The number of aldehydes is 1. The van der Waals surface area contributed by atoms with Crippen molar-refractivity contribution in [1.82, 2.24) is 0 Å². The lowest BCUT2D eigenvalue weighted by molar-refractivity contribution is 0.0474.